The molecule has 20 heavy (non-hydrogen) atoms. The SMILES string of the molecule is CNc1ccc(OCC(=O)N2CC(C)CC(C)C2)cc1. The standard InChI is InChI=1S/C16H24N2O2/c1-12-8-13(2)10-18(9-12)16(19)11-20-15-6-4-14(17-3)5-7-15/h4-7,12-13,17H,8-11H2,1-3H3. The molecule has 1 aliphatic heterocycles. The first kappa shape index (κ1) is 14.7. The minimum Gasteiger partial charge on any atom is -0.484 e. The lowest BCUT2D eigenvalue weighted by Crippen LogP contribution is -2.44. The predicted octanol–water partition coefficient (Wildman–Crippen LogP) is 2.61. The van der Waals surface area contributed by atoms with E-state index in [9.17, 15) is 4.79 Å². The van der Waals surface area contributed by atoms with Gasteiger partial charge in [0.15, 0.2) is 6.61 Å². The van der Waals surface area contributed by atoms with Gasteiger partial charge < -0.3 is 15.0 Å². The molecule has 0 aliphatic carbocycles. The molecule has 0 saturated carbocycles. The van der Waals surface area contributed by atoms with Gasteiger partial charge in [-0.1, -0.05) is 13.8 Å². The zero-order chi connectivity index (χ0) is 14.5. The van der Waals surface area contributed by atoms with Crippen LogP contribution in [0.4, 0.5) is 5.69 Å². The summed E-state index contributed by atoms with van der Waals surface area (Å²) in [6, 6.07) is 7.62. The number of piperidine rings is 1. The second kappa shape index (κ2) is 6.64. The Balaban J connectivity index is 1.84. The molecule has 0 bridgehead atoms. The number of nitrogens with one attached hydrogen (secondary N) is 1. The lowest BCUT2D eigenvalue weighted by Gasteiger charge is -2.34. The molecule has 1 fully saturated rings. The molecule has 1 saturated heterocycles. The highest BCUT2D eigenvalue weighted by Crippen LogP contribution is 2.21. The van der Waals surface area contributed by atoms with Crippen molar-refractivity contribution >= 4 is 11.6 Å². The van der Waals surface area contributed by atoms with Crippen LogP contribution in [-0.2, 0) is 4.79 Å². The van der Waals surface area contributed by atoms with Crippen LogP contribution in [0.3, 0.4) is 0 Å². The fourth-order valence-corrected chi connectivity index (χ4v) is 2.82. The van der Waals surface area contributed by atoms with E-state index >= 15 is 0 Å². The smallest absolute Gasteiger partial charge is 0.260 e. The summed E-state index contributed by atoms with van der Waals surface area (Å²) in [4.78, 5) is 14.1. The highest BCUT2D eigenvalue weighted by Gasteiger charge is 2.25. The van der Waals surface area contributed by atoms with E-state index in [1.165, 1.54) is 6.42 Å². The normalized spacial score (nSPS) is 22.4. The van der Waals surface area contributed by atoms with Crippen molar-refractivity contribution in [1.82, 2.24) is 4.90 Å². The Kier molecular flexibility index (Phi) is 4.88. The third kappa shape index (κ3) is 3.89. The fourth-order valence-electron chi connectivity index (χ4n) is 2.82. The third-order valence-corrected chi connectivity index (χ3v) is 3.73. The van der Waals surface area contributed by atoms with Crippen molar-refractivity contribution in [3.63, 3.8) is 0 Å². The third-order valence-electron chi connectivity index (χ3n) is 3.73. The predicted molar refractivity (Wildman–Crippen MR) is 81.0 cm³/mol. The number of ether oxygens (including phenoxy) is 1. The van der Waals surface area contributed by atoms with E-state index in [1.807, 2.05) is 36.2 Å². The van der Waals surface area contributed by atoms with Crippen molar-refractivity contribution in [2.45, 2.75) is 20.3 Å². The minimum absolute atomic E-state index is 0.0843. The van der Waals surface area contributed by atoms with Crippen molar-refractivity contribution in [1.29, 1.82) is 0 Å². The molecule has 1 aliphatic rings. The Bertz CT molecular complexity index is 434. The van der Waals surface area contributed by atoms with E-state index in [2.05, 4.69) is 19.2 Å². The summed E-state index contributed by atoms with van der Waals surface area (Å²) in [7, 11) is 1.87. The second-order valence-electron chi connectivity index (χ2n) is 5.81. The minimum atomic E-state index is 0.0843. The molecule has 110 valence electrons. The molecule has 1 heterocycles. The van der Waals surface area contributed by atoms with Gasteiger partial charge in [0.2, 0.25) is 0 Å². The number of nitrogens with zero attached hydrogens (tertiary/aromatic N) is 1. The van der Waals surface area contributed by atoms with Gasteiger partial charge in [-0.25, -0.2) is 0 Å². The molecule has 0 radical (unpaired) electrons. The van der Waals surface area contributed by atoms with Crippen LogP contribution in [0.15, 0.2) is 24.3 Å². The van der Waals surface area contributed by atoms with Crippen LogP contribution in [0.5, 0.6) is 5.75 Å². The Labute approximate surface area is 121 Å². The number of rotatable bonds is 4. The molecule has 0 aromatic heterocycles. The molecule has 2 rings (SSSR count). The summed E-state index contributed by atoms with van der Waals surface area (Å²) < 4.78 is 5.57. The van der Waals surface area contributed by atoms with Gasteiger partial charge in [0.05, 0.1) is 0 Å². The number of hydrogen-bond acceptors (Lipinski definition) is 3. The first-order chi connectivity index (χ1) is 9.58. The first-order valence-electron chi connectivity index (χ1n) is 7.27. The molecule has 4 heteroatoms. The summed E-state index contributed by atoms with van der Waals surface area (Å²) in [6.07, 6.45) is 1.20. The summed E-state index contributed by atoms with van der Waals surface area (Å²) in [5.41, 5.74) is 1.03. The van der Waals surface area contributed by atoms with E-state index in [-0.39, 0.29) is 12.5 Å². The van der Waals surface area contributed by atoms with E-state index in [1.54, 1.807) is 0 Å². The average molecular weight is 276 g/mol. The topological polar surface area (TPSA) is 41.6 Å². The van der Waals surface area contributed by atoms with Crippen LogP contribution in [0, 0.1) is 11.8 Å². The average Bonchev–Trinajstić information content (AvgIpc) is 2.44. The van der Waals surface area contributed by atoms with Crippen LogP contribution in [0.2, 0.25) is 0 Å². The number of carbonyl (C=O) groups is 1. The maximum atomic E-state index is 12.2. The summed E-state index contributed by atoms with van der Waals surface area (Å²) in [5, 5.41) is 3.05. The van der Waals surface area contributed by atoms with Crippen LogP contribution in [0.25, 0.3) is 0 Å². The molecule has 2 unspecified atom stereocenters. The number of amides is 1. The van der Waals surface area contributed by atoms with Crippen molar-refractivity contribution in [3.05, 3.63) is 24.3 Å². The summed E-state index contributed by atoms with van der Waals surface area (Å²) in [5.74, 6) is 1.98. The van der Waals surface area contributed by atoms with Crippen molar-refractivity contribution in [2.75, 3.05) is 32.1 Å². The molecule has 1 N–H and O–H groups in total. The van der Waals surface area contributed by atoms with Gasteiger partial charge in [0.25, 0.3) is 5.91 Å². The highest BCUT2D eigenvalue weighted by atomic mass is 16.5. The maximum absolute atomic E-state index is 12.2. The van der Waals surface area contributed by atoms with Crippen LogP contribution in [0.1, 0.15) is 20.3 Å². The highest BCUT2D eigenvalue weighted by molar-refractivity contribution is 5.77. The number of anilines is 1. The van der Waals surface area contributed by atoms with Crippen molar-refractivity contribution < 1.29 is 9.53 Å². The molecule has 4 nitrogen and oxygen atoms in total. The Morgan fingerprint density at radius 3 is 2.40 bits per heavy atom. The number of hydrogen-bond donors (Lipinski definition) is 1. The van der Waals surface area contributed by atoms with Gasteiger partial charge in [0, 0.05) is 25.8 Å². The van der Waals surface area contributed by atoms with Crippen molar-refractivity contribution in [2.24, 2.45) is 11.8 Å². The van der Waals surface area contributed by atoms with Gasteiger partial charge in [-0.05, 0) is 42.5 Å². The van der Waals surface area contributed by atoms with Gasteiger partial charge in [-0.15, -0.1) is 0 Å². The van der Waals surface area contributed by atoms with Crippen LogP contribution in [-0.4, -0.2) is 37.6 Å². The van der Waals surface area contributed by atoms with E-state index < -0.39 is 0 Å². The summed E-state index contributed by atoms with van der Waals surface area (Å²) in [6.45, 7) is 6.23. The molecule has 1 aromatic rings. The molecule has 0 spiro atoms. The first-order valence-corrected chi connectivity index (χ1v) is 7.27. The van der Waals surface area contributed by atoms with Gasteiger partial charge in [0.1, 0.15) is 5.75 Å². The lowest BCUT2D eigenvalue weighted by molar-refractivity contribution is -0.136. The zero-order valence-corrected chi connectivity index (χ0v) is 12.6. The Morgan fingerprint density at radius 1 is 1.25 bits per heavy atom. The zero-order valence-electron chi connectivity index (χ0n) is 12.6. The Morgan fingerprint density at radius 2 is 1.85 bits per heavy atom. The van der Waals surface area contributed by atoms with Gasteiger partial charge in [-0.3, -0.25) is 4.79 Å². The molecule has 2 atom stereocenters. The van der Waals surface area contributed by atoms with E-state index in [4.69, 9.17) is 4.74 Å². The van der Waals surface area contributed by atoms with Crippen molar-refractivity contribution in [3.8, 4) is 5.75 Å². The second-order valence-corrected chi connectivity index (χ2v) is 5.81. The van der Waals surface area contributed by atoms with Gasteiger partial charge in [-0.2, -0.15) is 0 Å². The van der Waals surface area contributed by atoms with E-state index in [0.717, 1.165) is 24.5 Å². The molecular weight excluding hydrogens is 252 g/mol. The van der Waals surface area contributed by atoms with E-state index in [0.29, 0.717) is 11.8 Å². The fraction of sp³-hybridized carbons (Fsp3) is 0.562. The van der Waals surface area contributed by atoms with Crippen LogP contribution < -0.4 is 10.1 Å². The lowest BCUT2D eigenvalue weighted by atomic mass is 9.92. The van der Waals surface area contributed by atoms with Gasteiger partial charge >= 0.3 is 0 Å². The summed E-state index contributed by atoms with van der Waals surface area (Å²) >= 11 is 0. The maximum Gasteiger partial charge on any atom is 0.260 e. The molecule has 1 aromatic carbocycles. The molecular formula is C16H24N2O2. The molecule has 1 amide bonds. The number of likely N-dealkylation sites (tertiary alicyclic amines) is 1. The Hall–Kier alpha value is -1.71. The number of benzene rings is 1. The largest absolute Gasteiger partial charge is 0.484 e. The van der Waals surface area contributed by atoms with Crippen LogP contribution >= 0.6 is 0 Å². The number of carbonyl (C=O) groups excluding carboxylic acids is 1. The quantitative estimate of drug-likeness (QED) is 0.919. The monoisotopic (exact) mass is 276 g/mol.